The molecule has 0 radical (unpaired) electrons. The summed E-state index contributed by atoms with van der Waals surface area (Å²) in [5, 5.41) is 21.1. The average molecular weight is 349 g/mol. The van der Waals surface area contributed by atoms with E-state index in [9.17, 15) is 19.1 Å². The molecule has 1 unspecified atom stereocenters. The van der Waals surface area contributed by atoms with Crippen LogP contribution >= 0.6 is 0 Å². The van der Waals surface area contributed by atoms with Gasteiger partial charge in [0.2, 0.25) is 0 Å². The van der Waals surface area contributed by atoms with Crippen molar-refractivity contribution in [1.29, 1.82) is 0 Å². The summed E-state index contributed by atoms with van der Waals surface area (Å²) in [7, 11) is 0. The number of ether oxygens (including phenoxy) is 1. The second-order valence-electron chi connectivity index (χ2n) is 5.51. The molecule has 1 amide bonds. The number of aliphatic hydroxyl groups is 2. The maximum atomic E-state index is 14.1. The van der Waals surface area contributed by atoms with Crippen LogP contribution < -0.4 is 11.0 Å². The van der Waals surface area contributed by atoms with Gasteiger partial charge in [0.05, 0.1) is 6.61 Å². The summed E-state index contributed by atoms with van der Waals surface area (Å²) in [6.45, 7) is -0.578. The number of aliphatic hydroxyl groups excluding tert-OH is 2. The lowest BCUT2D eigenvalue weighted by Crippen LogP contribution is -2.33. The average Bonchev–Trinajstić information content (AvgIpc) is 2.91. The van der Waals surface area contributed by atoms with E-state index < -0.39 is 42.8 Å². The topological polar surface area (TPSA) is 114 Å². The predicted octanol–water partition coefficient (Wildman–Crippen LogP) is 0.0843. The summed E-state index contributed by atoms with van der Waals surface area (Å²) < 4.78 is 20.1. The van der Waals surface area contributed by atoms with Crippen molar-refractivity contribution < 1.29 is 24.1 Å². The van der Waals surface area contributed by atoms with Gasteiger partial charge in [-0.05, 0) is 18.2 Å². The highest BCUT2D eigenvalue weighted by Crippen LogP contribution is 2.30. The van der Waals surface area contributed by atoms with E-state index >= 15 is 0 Å². The Hall–Kier alpha value is -2.62. The minimum atomic E-state index is -1.89. The van der Waals surface area contributed by atoms with Gasteiger partial charge in [0.1, 0.15) is 18.0 Å². The lowest BCUT2D eigenvalue weighted by Gasteiger charge is -2.16. The van der Waals surface area contributed by atoms with Crippen LogP contribution in [0.2, 0.25) is 0 Å². The van der Waals surface area contributed by atoms with Gasteiger partial charge in [0.15, 0.2) is 12.4 Å². The van der Waals surface area contributed by atoms with Crippen molar-refractivity contribution >= 4 is 11.7 Å². The largest absolute Gasteiger partial charge is 0.394 e. The summed E-state index contributed by atoms with van der Waals surface area (Å²) in [6, 6.07) is 9.68. The van der Waals surface area contributed by atoms with Crippen molar-refractivity contribution in [2.75, 3.05) is 11.9 Å². The van der Waals surface area contributed by atoms with E-state index in [0.717, 1.165) is 4.57 Å². The van der Waals surface area contributed by atoms with Gasteiger partial charge in [-0.2, -0.15) is 4.98 Å². The normalized spacial score (nSPS) is 25.7. The van der Waals surface area contributed by atoms with Crippen LogP contribution in [-0.4, -0.2) is 50.7 Å². The zero-order chi connectivity index (χ0) is 18.0. The molecule has 2 heterocycles. The van der Waals surface area contributed by atoms with Gasteiger partial charge in [0.25, 0.3) is 5.91 Å². The number of benzene rings is 1. The van der Waals surface area contributed by atoms with E-state index in [0.29, 0.717) is 5.56 Å². The number of halogens is 1. The lowest BCUT2D eigenvalue weighted by molar-refractivity contribution is -0.0490. The van der Waals surface area contributed by atoms with Crippen molar-refractivity contribution in [2.24, 2.45) is 0 Å². The van der Waals surface area contributed by atoms with Crippen molar-refractivity contribution in [1.82, 2.24) is 9.55 Å². The van der Waals surface area contributed by atoms with Gasteiger partial charge in [0, 0.05) is 11.8 Å². The molecule has 4 atom stereocenters. The zero-order valence-corrected chi connectivity index (χ0v) is 12.9. The number of carbonyl (C=O) groups excluding carboxylic acids is 1. The van der Waals surface area contributed by atoms with Crippen LogP contribution in [-0.2, 0) is 4.74 Å². The number of hydrogen-bond acceptors (Lipinski definition) is 6. The fraction of sp³-hybridized carbons (Fsp3) is 0.312. The third-order valence-corrected chi connectivity index (χ3v) is 3.86. The SMILES string of the molecule is O=C(Nc1ccn([C@@H]2O[C@H](CO)C(O)[C@H]2F)c(=O)n1)c1ccccc1. The highest BCUT2D eigenvalue weighted by atomic mass is 19.1. The van der Waals surface area contributed by atoms with Gasteiger partial charge in [-0.3, -0.25) is 9.36 Å². The summed E-state index contributed by atoms with van der Waals surface area (Å²) >= 11 is 0. The van der Waals surface area contributed by atoms with Gasteiger partial charge >= 0.3 is 5.69 Å². The Labute approximate surface area is 141 Å². The number of nitrogens with one attached hydrogen (secondary N) is 1. The first kappa shape index (κ1) is 17.2. The van der Waals surface area contributed by atoms with E-state index in [-0.39, 0.29) is 5.82 Å². The first-order valence-electron chi connectivity index (χ1n) is 7.55. The van der Waals surface area contributed by atoms with Gasteiger partial charge in [-0.25, -0.2) is 9.18 Å². The number of carbonyl (C=O) groups is 1. The molecule has 8 nitrogen and oxygen atoms in total. The molecule has 2 aromatic rings. The molecular weight excluding hydrogens is 333 g/mol. The molecule has 1 saturated heterocycles. The standard InChI is InChI=1S/C16H16FN3O5/c17-12-13(22)10(8-21)25-15(12)20-7-6-11(19-16(20)24)18-14(23)9-4-2-1-3-5-9/h1-7,10,12-13,15,21-22H,8H2,(H,18,19,23,24)/t10-,12-,13?,15-/m1/s1. The molecular formula is C16H16FN3O5. The molecule has 3 N–H and O–H groups in total. The molecule has 1 aromatic heterocycles. The molecule has 1 aliphatic heterocycles. The third-order valence-electron chi connectivity index (χ3n) is 3.86. The molecule has 1 aromatic carbocycles. The van der Waals surface area contributed by atoms with Crippen LogP contribution in [0.25, 0.3) is 0 Å². The summed E-state index contributed by atoms with van der Waals surface area (Å²) in [6.07, 6.45) is -4.74. The Bertz CT molecular complexity index is 813. The number of anilines is 1. The van der Waals surface area contributed by atoms with Crippen LogP contribution in [0, 0.1) is 0 Å². The van der Waals surface area contributed by atoms with Crippen LogP contribution in [0.4, 0.5) is 10.2 Å². The number of nitrogens with zero attached hydrogens (tertiary/aromatic N) is 2. The first-order chi connectivity index (χ1) is 12.0. The quantitative estimate of drug-likeness (QED) is 0.721. The Morgan fingerprint density at radius 1 is 1.32 bits per heavy atom. The van der Waals surface area contributed by atoms with E-state index in [1.165, 1.54) is 12.3 Å². The Balaban J connectivity index is 1.78. The van der Waals surface area contributed by atoms with Crippen molar-refractivity contribution in [3.05, 3.63) is 58.6 Å². The van der Waals surface area contributed by atoms with Crippen molar-refractivity contribution in [3.63, 3.8) is 0 Å². The van der Waals surface area contributed by atoms with Crippen LogP contribution in [0.1, 0.15) is 16.6 Å². The van der Waals surface area contributed by atoms with Crippen molar-refractivity contribution in [3.8, 4) is 0 Å². The monoisotopic (exact) mass is 349 g/mol. The van der Waals surface area contributed by atoms with Crippen LogP contribution in [0.5, 0.6) is 0 Å². The van der Waals surface area contributed by atoms with Crippen molar-refractivity contribution in [2.45, 2.75) is 24.6 Å². The third kappa shape index (κ3) is 3.43. The van der Waals surface area contributed by atoms with Crippen LogP contribution in [0.3, 0.4) is 0 Å². The minimum Gasteiger partial charge on any atom is -0.394 e. The minimum absolute atomic E-state index is 0.00256. The Morgan fingerprint density at radius 3 is 2.64 bits per heavy atom. The van der Waals surface area contributed by atoms with E-state index in [1.54, 1.807) is 30.3 Å². The smallest absolute Gasteiger partial charge is 0.351 e. The second kappa shape index (κ2) is 7.09. The number of rotatable bonds is 4. The first-order valence-corrected chi connectivity index (χ1v) is 7.55. The predicted molar refractivity (Wildman–Crippen MR) is 84.8 cm³/mol. The number of aromatic nitrogens is 2. The molecule has 0 bridgehead atoms. The molecule has 3 rings (SSSR count). The molecule has 0 aliphatic carbocycles. The highest BCUT2D eigenvalue weighted by Gasteiger charge is 2.45. The van der Waals surface area contributed by atoms with Crippen LogP contribution in [0.15, 0.2) is 47.4 Å². The fourth-order valence-corrected chi connectivity index (χ4v) is 2.53. The summed E-state index contributed by atoms with van der Waals surface area (Å²) in [5.41, 5.74) is -0.463. The second-order valence-corrected chi connectivity index (χ2v) is 5.51. The summed E-state index contributed by atoms with van der Waals surface area (Å²) in [4.78, 5) is 27.8. The number of hydrogen-bond donors (Lipinski definition) is 3. The van der Waals surface area contributed by atoms with Gasteiger partial charge in [-0.15, -0.1) is 0 Å². The van der Waals surface area contributed by atoms with E-state index in [4.69, 9.17) is 9.84 Å². The van der Waals surface area contributed by atoms with E-state index in [1.807, 2.05) is 0 Å². The maximum Gasteiger partial charge on any atom is 0.351 e. The summed E-state index contributed by atoms with van der Waals surface area (Å²) in [5.74, 6) is -0.440. The molecule has 132 valence electrons. The molecule has 0 spiro atoms. The highest BCUT2D eigenvalue weighted by molar-refractivity contribution is 6.03. The van der Waals surface area contributed by atoms with Gasteiger partial charge < -0.3 is 20.3 Å². The lowest BCUT2D eigenvalue weighted by atomic mass is 10.1. The molecule has 1 aliphatic rings. The maximum absolute atomic E-state index is 14.1. The Morgan fingerprint density at radius 2 is 2.04 bits per heavy atom. The molecule has 0 saturated carbocycles. The zero-order valence-electron chi connectivity index (χ0n) is 12.9. The Kier molecular flexibility index (Phi) is 4.88. The van der Waals surface area contributed by atoms with E-state index in [2.05, 4.69) is 10.3 Å². The number of amides is 1. The molecule has 1 fully saturated rings. The molecule has 9 heteroatoms. The molecule has 25 heavy (non-hydrogen) atoms. The fourth-order valence-electron chi connectivity index (χ4n) is 2.53. The van der Waals surface area contributed by atoms with Gasteiger partial charge in [-0.1, -0.05) is 18.2 Å². The number of alkyl halides is 1.